The van der Waals surface area contributed by atoms with Gasteiger partial charge in [0.05, 0.1) is 10.9 Å². The highest BCUT2D eigenvalue weighted by Gasteiger charge is 2.27. The third kappa shape index (κ3) is 5.30. The molecule has 1 amide bonds. The minimum Gasteiger partial charge on any atom is -0.334 e. The Morgan fingerprint density at radius 1 is 1.04 bits per heavy atom. The van der Waals surface area contributed by atoms with Gasteiger partial charge >= 0.3 is 0 Å². The molecule has 0 radical (unpaired) electrons. The van der Waals surface area contributed by atoms with Crippen molar-refractivity contribution in [1.82, 2.24) is 4.31 Å². The molecule has 3 N–H and O–H groups in total. The lowest BCUT2D eigenvalue weighted by atomic mass is 10.1. The molecule has 7 heteroatoms. The summed E-state index contributed by atoms with van der Waals surface area (Å²) < 4.78 is 26.7. The minimum atomic E-state index is -3.41. The summed E-state index contributed by atoms with van der Waals surface area (Å²) in [6, 6.07) is 6.91. The van der Waals surface area contributed by atoms with Gasteiger partial charge in [-0.05, 0) is 69.7 Å². The Balaban J connectivity index is 1.56. The molecule has 1 heterocycles. The van der Waals surface area contributed by atoms with Gasteiger partial charge < -0.3 is 10.6 Å². The quantitative estimate of drug-likeness (QED) is 0.725. The Bertz CT molecular complexity index is 719. The number of nitrogens with one attached hydrogen (secondary N) is 1. The van der Waals surface area contributed by atoms with Crippen molar-refractivity contribution in [1.29, 1.82) is 0 Å². The molecule has 27 heavy (non-hydrogen) atoms. The minimum absolute atomic E-state index is 0.0330. The van der Waals surface area contributed by atoms with Crippen LogP contribution in [0.25, 0.3) is 0 Å². The summed E-state index contributed by atoms with van der Waals surface area (Å²) in [7, 11) is -3.41. The van der Waals surface area contributed by atoms with E-state index in [2.05, 4.69) is 10.6 Å². The van der Waals surface area contributed by atoms with E-state index in [1.807, 2.05) is 6.92 Å². The van der Waals surface area contributed by atoms with Gasteiger partial charge in [0.15, 0.2) is 6.04 Å². The number of hydrogen-bond acceptors (Lipinski definition) is 3. The molecule has 3 rings (SSSR count). The molecular formula is C20H32N3O3S+. The van der Waals surface area contributed by atoms with Crippen molar-refractivity contribution in [3.8, 4) is 0 Å². The summed E-state index contributed by atoms with van der Waals surface area (Å²) >= 11 is 0. The molecule has 1 aliphatic carbocycles. The number of carbonyl (C=O) groups excluding carboxylic acids is 1. The fraction of sp³-hybridized carbons (Fsp3) is 0.650. The van der Waals surface area contributed by atoms with E-state index in [1.165, 1.54) is 42.8 Å². The van der Waals surface area contributed by atoms with E-state index in [0.29, 0.717) is 29.7 Å². The lowest BCUT2D eigenvalue weighted by Gasteiger charge is -2.18. The van der Waals surface area contributed by atoms with Gasteiger partial charge in [0.2, 0.25) is 10.0 Å². The first kappa shape index (κ1) is 20.3. The van der Waals surface area contributed by atoms with E-state index in [4.69, 9.17) is 0 Å². The maximum absolute atomic E-state index is 12.6. The Labute approximate surface area is 162 Å². The lowest BCUT2D eigenvalue weighted by Crippen LogP contribution is -2.96. The summed E-state index contributed by atoms with van der Waals surface area (Å²) in [6.07, 6.45) is 9.31. The second-order valence-electron chi connectivity index (χ2n) is 7.86. The second-order valence-corrected chi connectivity index (χ2v) is 9.80. The molecule has 6 nitrogen and oxygen atoms in total. The number of nitrogens with zero attached hydrogens (tertiary/aromatic N) is 1. The number of carbonyl (C=O) groups is 1. The predicted octanol–water partition coefficient (Wildman–Crippen LogP) is 2.08. The number of nitrogens with two attached hydrogens (primary N) is 1. The summed E-state index contributed by atoms with van der Waals surface area (Å²) in [6.45, 7) is 3.12. The zero-order valence-corrected chi connectivity index (χ0v) is 17.0. The zero-order chi connectivity index (χ0) is 19.3. The van der Waals surface area contributed by atoms with Gasteiger partial charge in [-0.3, -0.25) is 4.79 Å². The number of amides is 1. The van der Waals surface area contributed by atoms with Crippen molar-refractivity contribution in [2.75, 3.05) is 18.4 Å². The Hall–Kier alpha value is -1.44. The number of sulfonamides is 1. The molecule has 1 aromatic rings. The third-order valence-corrected chi connectivity index (χ3v) is 7.61. The monoisotopic (exact) mass is 394 g/mol. The molecule has 0 spiro atoms. The highest BCUT2D eigenvalue weighted by molar-refractivity contribution is 7.89. The van der Waals surface area contributed by atoms with E-state index in [-0.39, 0.29) is 11.9 Å². The van der Waals surface area contributed by atoms with Crippen LogP contribution in [0.4, 0.5) is 5.69 Å². The van der Waals surface area contributed by atoms with Gasteiger partial charge in [0.1, 0.15) is 0 Å². The number of rotatable bonds is 6. The van der Waals surface area contributed by atoms with Crippen LogP contribution in [0.5, 0.6) is 0 Å². The van der Waals surface area contributed by atoms with Gasteiger partial charge in [-0.1, -0.05) is 12.8 Å². The van der Waals surface area contributed by atoms with Gasteiger partial charge in [0, 0.05) is 18.8 Å². The van der Waals surface area contributed by atoms with Crippen molar-refractivity contribution >= 4 is 21.6 Å². The van der Waals surface area contributed by atoms with Gasteiger partial charge in [-0.25, -0.2) is 8.42 Å². The van der Waals surface area contributed by atoms with Gasteiger partial charge in [0.25, 0.3) is 5.91 Å². The molecule has 2 fully saturated rings. The van der Waals surface area contributed by atoms with Gasteiger partial charge in [-0.15, -0.1) is 0 Å². The fourth-order valence-corrected chi connectivity index (χ4v) is 5.56. The standard InChI is InChI=1S/C20H31N3O3S/c1-16(21-17-8-4-2-3-5-9-17)20(24)22-18-10-12-19(13-11-18)27(25,26)23-14-6-7-15-23/h10-13,16-17,21H,2-9,14-15H2,1H3,(H,22,24)/p+1/t16-/m0/s1. The Morgan fingerprint density at radius 2 is 1.63 bits per heavy atom. The number of hydrogen-bond donors (Lipinski definition) is 2. The molecule has 2 aliphatic rings. The molecular weight excluding hydrogens is 362 g/mol. The van der Waals surface area contributed by atoms with Crippen molar-refractivity contribution in [3.63, 3.8) is 0 Å². The van der Waals surface area contributed by atoms with Crippen molar-refractivity contribution < 1.29 is 18.5 Å². The number of benzene rings is 1. The molecule has 1 atom stereocenters. The van der Waals surface area contributed by atoms with E-state index in [0.717, 1.165) is 12.8 Å². The first-order valence-corrected chi connectivity index (χ1v) is 11.7. The lowest BCUT2D eigenvalue weighted by molar-refractivity contribution is -0.707. The van der Waals surface area contributed by atoms with Crippen LogP contribution in [0, 0.1) is 0 Å². The van der Waals surface area contributed by atoms with Crippen LogP contribution in [0.1, 0.15) is 58.3 Å². The zero-order valence-electron chi connectivity index (χ0n) is 16.2. The topological polar surface area (TPSA) is 83.1 Å². The van der Waals surface area contributed by atoms with Crippen LogP contribution >= 0.6 is 0 Å². The van der Waals surface area contributed by atoms with Crippen LogP contribution < -0.4 is 10.6 Å². The van der Waals surface area contributed by atoms with Gasteiger partial charge in [-0.2, -0.15) is 4.31 Å². The first-order valence-electron chi connectivity index (χ1n) is 10.2. The van der Waals surface area contributed by atoms with E-state index in [9.17, 15) is 13.2 Å². The number of quaternary nitrogens is 1. The van der Waals surface area contributed by atoms with Crippen LogP contribution in [0.15, 0.2) is 29.2 Å². The summed E-state index contributed by atoms with van der Waals surface area (Å²) in [5.74, 6) is -0.0330. The largest absolute Gasteiger partial charge is 0.334 e. The van der Waals surface area contributed by atoms with Crippen molar-refractivity contribution in [2.45, 2.75) is 75.3 Å². The van der Waals surface area contributed by atoms with Crippen LogP contribution in [0.2, 0.25) is 0 Å². The Morgan fingerprint density at radius 3 is 2.22 bits per heavy atom. The molecule has 0 unspecified atom stereocenters. The maximum atomic E-state index is 12.6. The maximum Gasteiger partial charge on any atom is 0.282 e. The normalized spacial score (nSPS) is 20.9. The smallest absolute Gasteiger partial charge is 0.282 e. The molecule has 150 valence electrons. The van der Waals surface area contributed by atoms with E-state index >= 15 is 0 Å². The molecule has 1 saturated heterocycles. The average Bonchev–Trinajstić information content (AvgIpc) is 3.09. The van der Waals surface area contributed by atoms with Crippen molar-refractivity contribution in [2.24, 2.45) is 0 Å². The highest BCUT2D eigenvalue weighted by atomic mass is 32.2. The highest BCUT2D eigenvalue weighted by Crippen LogP contribution is 2.22. The summed E-state index contributed by atoms with van der Waals surface area (Å²) in [4.78, 5) is 12.8. The molecule has 1 aliphatic heterocycles. The SMILES string of the molecule is C[C@H]([NH2+]C1CCCCCC1)C(=O)Nc1ccc(S(=O)(=O)N2CCCC2)cc1. The fourth-order valence-electron chi connectivity index (χ4n) is 4.04. The molecule has 0 bridgehead atoms. The predicted molar refractivity (Wildman–Crippen MR) is 106 cm³/mol. The first-order chi connectivity index (χ1) is 13.0. The Kier molecular flexibility index (Phi) is 6.89. The third-order valence-electron chi connectivity index (χ3n) is 5.70. The second kappa shape index (κ2) is 9.17. The van der Waals surface area contributed by atoms with E-state index < -0.39 is 10.0 Å². The van der Waals surface area contributed by atoms with Crippen LogP contribution in [0.3, 0.4) is 0 Å². The summed E-state index contributed by atoms with van der Waals surface area (Å²) in [5, 5.41) is 5.10. The molecule has 0 aromatic heterocycles. The average molecular weight is 395 g/mol. The van der Waals surface area contributed by atoms with Crippen LogP contribution in [-0.2, 0) is 14.8 Å². The molecule has 1 aromatic carbocycles. The van der Waals surface area contributed by atoms with Crippen molar-refractivity contribution in [3.05, 3.63) is 24.3 Å². The summed E-state index contributed by atoms with van der Waals surface area (Å²) in [5.41, 5.74) is 0.640. The van der Waals surface area contributed by atoms with E-state index in [1.54, 1.807) is 24.3 Å². The van der Waals surface area contributed by atoms with Crippen LogP contribution in [-0.4, -0.2) is 43.8 Å². The molecule has 1 saturated carbocycles. The number of anilines is 1.